The van der Waals surface area contributed by atoms with Crippen molar-refractivity contribution in [3.8, 4) is 0 Å². The molecule has 3 heterocycles. The summed E-state index contributed by atoms with van der Waals surface area (Å²) < 4.78 is 1.83. The number of H-pyrrole nitrogens is 1. The molecule has 0 saturated heterocycles. The predicted octanol–water partition coefficient (Wildman–Crippen LogP) is 3.14. The zero-order valence-electron chi connectivity index (χ0n) is 15.3. The number of nitrogens with zero attached hydrogens (tertiary/aromatic N) is 4. The van der Waals surface area contributed by atoms with Gasteiger partial charge in [-0.15, -0.1) is 0 Å². The largest absolute Gasteiger partial charge is 0.348 e. The minimum Gasteiger partial charge on any atom is -0.348 e. The minimum atomic E-state index is -0.184. The van der Waals surface area contributed by atoms with Crippen molar-refractivity contribution in [3.05, 3.63) is 47.3 Å². The standard InChI is InChI=1S/C19H27N5O/c1-4-6-14(7-5-2)12-17(25)24-11-9-15-18(21-13-20-15)19(24)16-8-10-22-23(16)3/h8,10,12-13,19H,4-7,9,11H2,1-3H3,(H,20,21)/t19-/m1/s1. The first-order chi connectivity index (χ1) is 12.2. The van der Waals surface area contributed by atoms with E-state index in [2.05, 4.69) is 28.9 Å². The van der Waals surface area contributed by atoms with Crippen LogP contribution >= 0.6 is 0 Å². The number of nitrogens with one attached hydrogen (secondary N) is 1. The summed E-state index contributed by atoms with van der Waals surface area (Å²) in [6, 6.07) is 1.79. The number of carbonyl (C=O) groups excluding carboxylic acids is 1. The number of allylic oxidation sites excluding steroid dienone is 1. The van der Waals surface area contributed by atoms with Crippen molar-refractivity contribution in [2.75, 3.05) is 6.54 Å². The van der Waals surface area contributed by atoms with Crippen LogP contribution in [0.5, 0.6) is 0 Å². The van der Waals surface area contributed by atoms with Gasteiger partial charge in [-0.1, -0.05) is 32.3 Å². The molecule has 6 nitrogen and oxygen atoms in total. The second-order valence-electron chi connectivity index (χ2n) is 6.63. The van der Waals surface area contributed by atoms with Gasteiger partial charge in [0.2, 0.25) is 5.91 Å². The average molecular weight is 341 g/mol. The van der Waals surface area contributed by atoms with E-state index in [9.17, 15) is 4.79 Å². The maximum absolute atomic E-state index is 13.1. The van der Waals surface area contributed by atoms with E-state index in [0.29, 0.717) is 6.54 Å². The van der Waals surface area contributed by atoms with Crippen LogP contribution in [0.3, 0.4) is 0 Å². The highest BCUT2D eigenvalue weighted by Gasteiger charge is 2.35. The van der Waals surface area contributed by atoms with Gasteiger partial charge in [0, 0.05) is 38.0 Å². The van der Waals surface area contributed by atoms with Crippen LogP contribution in [-0.2, 0) is 18.3 Å². The van der Waals surface area contributed by atoms with E-state index in [0.717, 1.165) is 49.2 Å². The second kappa shape index (κ2) is 7.68. The molecule has 0 aromatic carbocycles. The van der Waals surface area contributed by atoms with Crippen LogP contribution in [0.4, 0.5) is 0 Å². The molecule has 0 spiro atoms. The first kappa shape index (κ1) is 17.5. The molecule has 0 fully saturated rings. The van der Waals surface area contributed by atoms with Gasteiger partial charge >= 0.3 is 0 Å². The highest BCUT2D eigenvalue weighted by atomic mass is 16.2. The summed E-state index contributed by atoms with van der Waals surface area (Å²) in [5, 5.41) is 4.29. The normalized spacial score (nSPS) is 16.6. The number of aryl methyl sites for hydroxylation is 1. The predicted molar refractivity (Wildman–Crippen MR) is 97.0 cm³/mol. The van der Waals surface area contributed by atoms with Gasteiger partial charge in [0.1, 0.15) is 6.04 Å². The summed E-state index contributed by atoms with van der Waals surface area (Å²) in [5.74, 6) is 0.0803. The Morgan fingerprint density at radius 2 is 2.12 bits per heavy atom. The van der Waals surface area contributed by atoms with Crippen molar-refractivity contribution in [1.82, 2.24) is 24.6 Å². The summed E-state index contributed by atoms with van der Waals surface area (Å²) >= 11 is 0. The van der Waals surface area contributed by atoms with Crippen molar-refractivity contribution in [2.45, 2.75) is 52.0 Å². The van der Waals surface area contributed by atoms with Gasteiger partial charge in [-0.25, -0.2) is 4.98 Å². The fourth-order valence-electron chi connectivity index (χ4n) is 3.64. The van der Waals surface area contributed by atoms with Crippen LogP contribution in [-0.4, -0.2) is 37.1 Å². The monoisotopic (exact) mass is 341 g/mol. The summed E-state index contributed by atoms with van der Waals surface area (Å²) in [4.78, 5) is 22.7. The topological polar surface area (TPSA) is 66.8 Å². The lowest BCUT2D eigenvalue weighted by atomic mass is 9.98. The molecular weight excluding hydrogens is 314 g/mol. The number of rotatable bonds is 6. The smallest absolute Gasteiger partial charge is 0.247 e. The van der Waals surface area contributed by atoms with E-state index in [1.54, 1.807) is 12.5 Å². The fraction of sp³-hybridized carbons (Fsp3) is 0.526. The van der Waals surface area contributed by atoms with E-state index in [1.165, 1.54) is 5.57 Å². The number of hydrogen-bond acceptors (Lipinski definition) is 3. The van der Waals surface area contributed by atoms with Gasteiger partial charge in [0.15, 0.2) is 0 Å². The van der Waals surface area contributed by atoms with E-state index in [4.69, 9.17) is 0 Å². The average Bonchev–Trinajstić information content (AvgIpc) is 3.23. The van der Waals surface area contributed by atoms with Gasteiger partial charge < -0.3 is 9.88 Å². The molecule has 25 heavy (non-hydrogen) atoms. The fourth-order valence-corrected chi connectivity index (χ4v) is 3.64. The SMILES string of the molecule is CCCC(=CC(=O)N1CCc2[nH]cnc2[C@H]1c1ccnn1C)CCC. The molecule has 0 saturated carbocycles. The highest BCUT2D eigenvalue weighted by molar-refractivity contribution is 5.89. The Balaban J connectivity index is 1.95. The van der Waals surface area contributed by atoms with Crippen molar-refractivity contribution in [2.24, 2.45) is 7.05 Å². The molecule has 0 aliphatic carbocycles. The van der Waals surface area contributed by atoms with Gasteiger partial charge in [-0.2, -0.15) is 5.10 Å². The van der Waals surface area contributed by atoms with Gasteiger partial charge in [0.25, 0.3) is 0 Å². The molecule has 2 aromatic rings. The molecule has 2 aromatic heterocycles. The lowest BCUT2D eigenvalue weighted by molar-refractivity contribution is -0.128. The van der Waals surface area contributed by atoms with Crippen LogP contribution in [0, 0.1) is 0 Å². The Labute approximate surface area is 148 Å². The molecule has 1 amide bonds. The molecule has 1 atom stereocenters. The van der Waals surface area contributed by atoms with Crippen LogP contribution in [0.1, 0.15) is 62.7 Å². The molecule has 1 aliphatic heterocycles. The maximum Gasteiger partial charge on any atom is 0.247 e. The Kier molecular flexibility index (Phi) is 5.36. The summed E-state index contributed by atoms with van der Waals surface area (Å²) in [6.07, 6.45) is 10.2. The molecule has 0 bridgehead atoms. The quantitative estimate of drug-likeness (QED) is 0.821. The van der Waals surface area contributed by atoms with E-state index >= 15 is 0 Å². The molecule has 0 radical (unpaired) electrons. The van der Waals surface area contributed by atoms with Gasteiger partial charge in [-0.05, 0) is 18.9 Å². The molecule has 134 valence electrons. The van der Waals surface area contributed by atoms with Crippen LogP contribution in [0.25, 0.3) is 0 Å². The number of aromatic nitrogens is 4. The molecule has 1 N–H and O–H groups in total. The Bertz CT molecular complexity index is 749. The number of hydrogen-bond donors (Lipinski definition) is 1. The first-order valence-corrected chi connectivity index (χ1v) is 9.15. The lowest BCUT2D eigenvalue weighted by Crippen LogP contribution is -2.40. The van der Waals surface area contributed by atoms with Crippen LogP contribution in [0.15, 0.2) is 30.2 Å². The number of imidazole rings is 1. The Morgan fingerprint density at radius 3 is 2.76 bits per heavy atom. The number of fused-ring (bicyclic) bond motifs is 1. The Morgan fingerprint density at radius 1 is 1.36 bits per heavy atom. The van der Waals surface area contributed by atoms with Gasteiger partial charge in [0.05, 0.1) is 17.7 Å². The highest BCUT2D eigenvalue weighted by Crippen LogP contribution is 2.33. The molecular formula is C19H27N5O. The zero-order valence-corrected chi connectivity index (χ0v) is 15.3. The summed E-state index contributed by atoms with van der Waals surface area (Å²) in [6.45, 7) is 5.00. The van der Waals surface area contributed by atoms with E-state index in [-0.39, 0.29) is 11.9 Å². The number of aromatic amines is 1. The maximum atomic E-state index is 13.1. The molecule has 0 unspecified atom stereocenters. The van der Waals surface area contributed by atoms with Crippen molar-refractivity contribution >= 4 is 5.91 Å². The molecule has 1 aliphatic rings. The van der Waals surface area contributed by atoms with E-state index in [1.807, 2.05) is 28.8 Å². The minimum absolute atomic E-state index is 0.0803. The third-order valence-electron chi connectivity index (χ3n) is 4.82. The third-order valence-corrected chi connectivity index (χ3v) is 4.82. The number of amides is 1. The number of carbonyl (C=O) groups is 1. The van der Waals surface area contributed by atoms with Gasteiger partial charge in [-0.3, -0.25) is 9.48 Å². The first-order valence-electron chi connectivity index (χ1n) is 9.15. The zero-order chi connectivity index (χ0) is 17.8. The third kappa shape index (κ3) is 3.52. The van der Waals surface area contributed by atoms with Crippen molar-refractivity contribution in [1.29, 1.82) is 0 Å². The summed E-state index contributed by atoms with van der Waals surface area (Å²) in [7, 11) is 1.91. The van der Waals surface area contributed by atoms with Crippen molar-refractivity contribution < 1.29 is 4.79 Å². The summed E-state index contributed by atoms with van der Waals surface area (Å²) in [5.41, 5.74) is 4.28. The Hall–Kier alpha value is -2.37. The second-order valence-corrected chi connectivity index (χ2v) is 6.63. The van der Waals surface area contributed by atoms with Crippen LogP contribution < -0.4 is 0 Å². The molecule has 6 heteroatoms. The lowest BCUT2D eigenvalue weighted by Gasteiger charge is -2.34. The van der Waals surface area contributed by atoms with Crippen LogP contribution in [0.2, 0.25) is 0 Å². The van der Waals surface area contributed by atoms with Crippen molar-refractivity contribution in [3.63, 3.8) is 0 Å². The molecule has 3 rings (SSSR count). The van der Waals surface area contributed by atoms with E-state index < -0.39 is 0 Å².